The molecule has 20 atom stereocenters. The van der Waals surface area contributed by atoms with E-state index in [1.807, 2.05) is 0 Å². The van der Waals surface area contributed by atoms with Crippen molar-refractivity contribution < 1.29 is 99.2 Å². The third-order valence-corrected chi connectivity index (χ3v) is 8.57. The number of ether oxygens (including phenoxy) is 7. The van der Waals surface area contributed by atoms with Gasteiger partial charge in [0.25, 0.3) is 0 Å². The first kappa shape index (κ1) is 38.5. The summed E-state index contributed by atoms with van der Waals surface area (Å²) in [4.78, 5) is 12.0. The minimum atomic E-state index is -1.98. The first-order chi connectivity index (χ1) is 22.1. The highest BCUT2D eigenvalue weighted by Crippen LogP contribution is 2.35. The molecule has 4 saturated heterocycles. The molecule has 21 heteroatoms. The minimum absolute atomic E-state index is 0.713. The number of nitrogens with one attached hydrogen (secondary N) is 1. The second-order valence-electron chi connectivity index (χ2n) is 11.9. The lowest BCUT2D eigenvalue weighted by molar-refractivity contribution is -0.400. The van der Waals surface area contributed by atoms with Crippen LogP contribution in [0, 0.1) is 0 Å². The van der Waals surface area contributed by atoms with Crippen LogP contribution < -0.4 is 5.32 Å². The van der Waals surface area contributed by atoms with Gasteiger partial charge in [-0.1, -0.05) is 0 Å². The maximum Gasteiger partial charge on any atom is 0.217 e. The van der Waals surface area contributed by atoms with E-state index in [-0.39, 0.29) is 0 Å². The summed E-state index contributed by atoms with van der Waals surface area (Å²) in [6, 6.07) is -1.54. The molecule has 13 N–H and O–H groups in total. The molecular formula is C26H45NO20. The molecular weight excluding hydrogens is 646 g/mol. The fourth-order valence-electron chi connectivity index (χ4n) is 5.86. The summed E-state index contributed by atoms with van der Waals surface area (Å²) in [5, 5.41) is 127. The zero-order valence-corrected chi connectivity index (χ0v) is 25.3. The van der Waals surface area contributed by atoms with Gasteiger partial charge in [-0.15, -0.1) is 0 Å². The second-order valence-corrected chi connectivity index (χ2v) is 11.9. The normalized spacial score (nSPS) is 51.0. The van der Waals surface area contributed by atoms with E-state index in [1.54, 1.807) is 0 Å². The number of amides is 1. The smallest absolute Gasteiger partial charge is 0.217 e. The summed E-state index contributed by atoms with van der Waals surface area (Å²) in [5.41, 5.74) is 0. The number of aliphatic hydroxyl groups excluding tert-OH is 12. The molecule has 21 nitrogen and oxygen atoms in total. The highest BCUT2D eigenvalue weighted by Gasteiger charge is 2.56. The van der Waals surface area contributed by atoms with Gasteiger partial charge in [0.15, 0.2) is 25.2 Å². The van der Waals surface area contributed by atoms with Crippen LogP contribution >= 0.6 is 0 Å². The quantitative estimate of drug-likeness (QED) is 0.101. The van der Waals surface area contributed by atoms with Crippen LogP contribution in [0.1, 0.15) is 13.8 Å². The molecule has 0 aliphatic carbocycles. The summed E-state index contributed by atoms with van der Waals surface area (Å²) in [5.74, 6) is -0.713. The van der Waals surface area contributed by atoms with E-state index in [1.165, 1.54) is 6.92 Å². The highest BCUT2D eigenvalue weighted by molar-refractivity contribution is 5.73. The van der Waals surface area contributed by atoms with Crippen LogP contribution in [0.2, 0.25) is 0 Å². The SMILES string of the molecule is CC(=O)N[C@H]1[C@@H](O[C@H]2[C@@H](O)[C@@H](CO)O[C@@H](O[C@@H]3[C@@H](O)[C@H](O)O[C@H](CO)[C@@H]3O)[C@@H]2O[C@@H]2O[C@@H](C)[C@@H](O)[C@@H](O)[C@@H]2O)O[C@H](CO)[C@H](O)[C@@H]1O. The molecule has 4 aliphatic heterocycles. The van der Waals surface area contributed by atoms with Crippen molar-refractivity contribution >= 4 is 5.91 Å². The fraction of sp³-hybridized carbons (Fsp3) is 0.962. The van der Waals surface area contributed by atoms with Gasteiger partial charge in [-0.05, 0) is 6.92 Å². The molecule has 1 amide bonds. The van der Waals surface area contributed by atoms with Crippen molar-refractivity contribution in [1.29, 1.82) is 0 Å². The Hall–Kier alpha value is -1.29. The van der Waals surface area contributed by atoms with E-state index in [0.717, 1.165) is 6.92 Å². The van der Waals surface area contributed by atoms with E-state index in [4.69, 9.17) is 33.2 Å². The Kier molecular flexibility index (Phi) is 13.2. The van der Waals surface area contributed by atoms with E-state index in [0.29, 0.717) is 0 Å². The van der Waals surface area contributed by atoms with Gasteiger partial charge in [-0.3, -0.25) is 4.79 Å². The number of rotatable bonds is 10. The topological polar surface area (TPSA) is 336 Å². The van der Waals surface area contributed by atoms with Crippen molar-refractivity contribution in [1.82, 2.24) is 5.32 Å². The van der Waals surface area contributed by atoms with Crippen molar-refractivity contribution in [2.75, 3.05) is 19.8 Å². The number of carbonyl (C=O) groups is 1. The molecule has 47 heavy (non-hydrogen) atoms. The molecule has 274 valence electrons. The van der Waals surface area contributed by atoms with Crippen LogP contribution in [0.3, 0.4) is 0 Å². The summed E-state index contributed by atoms with van der Waals surface area (Å²) in [7, 11) is 0. The molecule has 0 saturated carbocycles. The zero-order chi connectivity index (χ0) is 34.9. The monoisotopic (exact) mass is 691 g/mol. The minimum Gasteiger partial charge on any atom is -0.394 e. The van der Waals surface area contributed by atoms with Gasteiger partial charge in [0, 0.05) is 6.92 Å². The molecule has 4 rings (SSSR count). The van der Waals surface area contributed by atoms with Crippen LogP contribution in [-0.4, -0.2) is 210 Å². The van der Waals surface area contributed by atoms with E-state index >= 15 is 0 Å². The number of carbonyl (C=O) groups excluding carboxylic acids is 1. The number of aliphatic hydroxyl groups is 12. The lowest BCUT2D eigenvalue weighted by Crippen LogP contribution is -2.69. The zero-order valence-electron chi connectivity index (χ0n) is 25.3. The average molecular weight is 692 g/mol. The van der Waals surface area contributed by atoms with Crippen LogP contribution in [0.5, 0.6) is 0 Å². The van der Waals surface area contributed by atoms with Crippen LogP contribution in [0.25, 0.3) is 0 Å². The van der Waals surface area contributed by atoms with Crippen molar-refractivity contribution in [3.8, 4) is 0 Å². The Bertz CT molecular complexity index is 1010. The molecule has 0 aromatic rings. The molecule has 4 fully saturated rings. The Labute approximate surface area is 267 Å². The molecule has 0 bridgehead atoms. The maximum atomic E-state index is 12.0. The summed E-state index contributed by atoms with van der Waals surface area (Å²) < 4.78 is 39.5. The molecule has 0 radical (unpaired) electrons. The first-order valence-corrected chi connectivity index (χ1v) is 15.0. The van der Waals surface area contributed by atoms with Crippen LogP contribution in [0.15, 0.2) is 0 Å². The third-order valence-electron chi connectivity index (χ3n) is 8.57. The summed E-state index contributed by atoms with van der Waals surface area (Å²) in [6.07, 6.45) is -33.2. The van der Waals surface area contributed by atoms with Crippen molar-refractivity contribution in [2.24, 2.45) is 0 Å². The molecule has 4 aliphatic rings. The standard InChI is InChI=1S/C26H45NO20/c1-6-12(32)17(37)18(38)25(41-6)47-22-21(46-24-11(27-7(2)31)16(36)13(33)8(3-28)43-24)15(35)10(5-30)44-26(22)45-20-14(34)9(4-29)42-23(40)19(20)39/h6,8-26,28-30,32-40H,3-5H2,1-2H3,(H,27,31)/t6-,8+,9+,10+,11+,12+,13-,14-,15-,16+,17+,18-,19+,20-,21-,22+,23+,24+,25-,26-/m0/s1. The Morgan fingerprint density at radius 1 is 0.553 bits per heavy atom. The molecule has 0 spiro atoms. The largest absolute Gasteiger partial charge is 0.394 e. The lowest BCUT2D eigenvalue weighted by atomic mass is 9.94. The van der Waals surface area contributed by atoms with Gasteiger partial charge < -0.3 is 99.8 Å². The van der Waals surface area contributed by atoms with Gasteiger partial charge in [-0.25, -0.2) is 0 Å². The van der Waals surface area contributed by atoms with Crippen LogP contribution in [0.4, 0.5) is 0 Å². The van der Waals surface area contributed by atoms with Crippen molar-refractivity contribution in [3.63, 3.8) is 0 Å². The fourth-order valence-corrected chi connectivity index (χ4v) is 5.86. The highest BCUT2D eigenvalue weighted by atomic mass is 16.8. The lowest BCUT2D eigenvalue weighted by Gasteiger charge is -2.50. The Morgan fingerprint density at radius 2 is 1.06 bits per heavy atom. The molecule has 0 aromatic carbocycles. The summed E-state index contributed by atoms with van der Waals surface area (Å²) >= 11 is 0. The Morgan fingerprint density at radius 3 is 1.66 bits per heavy atom. The van der Waals surface area contributed by atoms with Gasteiger partial charge in [0.2, 0.25) is 5.91 Å². The van der Waals surface area contributed by atoms with E-state index < -0.39 is 148 Å². The maximum absolute atomic E-state index is 12.0. The molecule has 4 heterocycles. The van der Waals surface area contributed by atoms with E-state index in [9.17, 15) is 66.1 Å². The van der Waals surface area contributed by atoms with Gasteiger partial charge in [-0.2, -0.15) is 0 Å². The summed E-state index contributed by atoms with van der Waals surface area (Å²) in [6.45, 7) is -0.159. The third kappa shape index (κ3) is 8.04. The average Bonchev–Trinajstić information content (AvgIpc) is 3.04. The Balaban J connectivity index is 1.73. The van der Waals surface area contributed by atoms with Crippen molar-refractivity contribution in [2.45, 2.75) is 137 Å². The number of hydrogen-bond acceptors (Lipinski definition) is 20. The van der Waals surface area contributed by atoms with E-state index in [2.05, 4.69) is 5.32 Å². The predicted molar refractivity (Wildman–Crippen MR) is 144 cm³/mol. The molecule has 0 aromatic heterocycles. The molecule has 0 unspecified atom stereocenters. The van der Waals surface area contributed by atoms with Gasteiger partial charge in [0.05, 0.1) is 25.9 Å². The predicted octanol–water partition coefficient (Wildman–Crippen LogP) is -8.58. The van der Waals surface area contributed by atoms with Crippen molar-refractivity contribution in [3.05, 3.63) is 0 Å². The number of hydrogen-bond donors (Lipinski definition) is 13. The van der Waals surface area contributed by atoms with Gasteiger partial charge >= 0.3 is 0 Å². The van der Waals surface area contributed by atoms with Crippen LogP contribution in [-0.2, 0) is 38.0 Å². The second kappa shape index (κ2) is 16.2. The van der Waals surface area contributed by atoms with Gasteiger partial charge in [0.1, 0.15) is 91.5 Å². The first-order valence-electron chi connectivity index (χ1n) is 15.0.